The SMILES string of the molecule is COc1ccc(CCc2cnc3c(N)nc4cc(C(O)C(F)(F)OP(=O)(O)O)ccc4c3c2)c(C)c1. The highest BCUT2D eigenvalue weighted by molar-refractivity contribution is 7.46. The van der Waals surface area contributed by atoms with Crippen molar-refractivity contribution in [1.82, 2.24) is 9.97 Å². The number of anilines is 1. The number of aliphatic hydroxyl groups is 1. The third-order valence-corrected chi connectivity index (χ3v) is 6.33. The molecule has 0 radical (unpaired) electrons. The van der Waals surface area contributed by atoms with Gasteiger partial charge in [0.25, 0.3) is 0 Å². The number of rotatable bonds is 8. The van der Waals surface area contributed by atoms with E-state index < -0.39 is 20.0 Å². The van der Waals surface area contributed by atoms with Crippen molar-refractivity contribution < 1.29 is 37.5 Å². The van der Waals surface area contributed by atoms with E-state index in [2.05, 4.69) is 14.5 Å². The van der Waals surface area contributed by atoms with E-state index in [0.717, 1.165) is 28.9 Å². The van der Waals surface area contributed by atoms with Crippen LogP contribution in [0.2, 0.25) is 0 Å². The van der Waals surface area contributed by atoms with Gasteiger partial charge in [-0.2, -0.15) is 8.78 Å². The Morgan fingerprint density at radius 1 is 1.11 bits per heavy atom. The Balaban J connectivity index is 1.67. The Morgan fingerprint density at radius 2 is 1.86 bits per heavy atom. The summed E-state index contributed by atoms with van der Waals surface area (Å²) in [7, 11) is -3.94. The Kier molecular flexibility index (Phi) is 6.96. The molecule has 5 N–H and O–H groups in total. The van der Waals surface area contributed by atoms with E-state index in [1.54, 1.807) is 13.3 Å². The predicted octanol–water partition coefficient (Wildman–Crippen LogP) is 4.20. The van der Waals surface area contributed by atoms with Crippen LogP contribution in [-0.4, -0.2) is 38.1 Å². The highest BCUT2D eigenvalue weighted by atomic mass is 31.2. The fourth-order valence-electron chi connectivity index (χ4n) is 4.03. The van der Waals surface area contributed by atoms with Crippen molar-refractivity contribution in [3.8, 4) is 5.75 Å². The molecule has 12 heteroatoms. The van der Waals surface area contributed by atoms with Crippen molar-refractivity contribution in [3.05, 3.63) is 70.9 Å². The number of aryl methyl sites for hydroxylation is 3. The van der Waals surface area contributed by atoms with E-state index in [9.17, 15) is 18.5 Å². The molecule has 1 unspecified atom stereocenters. The summed E-state index contributed by atoms with van der Waals surface area (Å²) in [6, 6.07) is 11.6. The summed E-state index contributed by atoms with van der Waals surface area (Å²) in [6.07, 6.45) is -4.04. The number of nitrogens with zero attached hydrogens (tertiary/aromatic N) is 2. The number of fused-ring (bicyclic) bond motifs is 3. The fraction of sp³-hybridized carbons (Fsp3) is 0.250. The summed E-state index contributed by atoms with van der Waals surface area (Å²) >= 11 is 0. The van der Waals surface area contributed by atoms with Gasteiger partial charge in [0.15, 0.2) is 11.9 Å². The summed E-state index contributed by atoms with van der Waals surface area (Å²) < 4.78 is 47.7. The maximum Gasteiger partial charge on any atom is 0.474 e. The Morgan fingerprint density at radius 3 is 2.53 bits per heavy atom. The number of aromatic nitrogens is 2. The monoisotopic (exact) mass is 519 g/mol. The molecule has 0 saturated carbocycles. The molecular weight excluding hydrogens is 495 g/mol. The van der Waals surface area contributed by atoms with Crippen LogP contribution >= 0.6 is 7.82 Å². The van der Waals surface area contributed by atoms with Crippen molar-refractivity contribution in [2.24, 2.45) is 0 Å². The molecule has 0 spiro atoms. The standard InChI is InChI=1S/C24H24F2N3O6P/c1-13-9-17(34-2)7-5-15(13)4-3-14-10-19-18-8-6-16(22(30)24(25,26)35-36(31,32)33)11-20(18)29-23(27)21(19)28-12-14/h5-12,22,30H,3-4H2,1-2H3,(H2,27,29)(H2,31,32,33). The number of hydrogen-bond donors (Lipinski definition) is 4. The summed E-state index contributed by atoms with van der Waals surface area (Å²) in [5, 5.41) is 11.2. The van der Waals surface area contributed by atoms with Gasteiger partial charge in [-0.15, -0.1) is 0 Å². The van der Waals surface area contributed by atoms with Crippen molar-refractivity contribution in [1.29, 1.82) is 0 Å². The quantitative estimate of drug-likeness (QED) is 0.199. The molecule has 0 aliphatic heterocycles. The van der Waals surface area contributed by atoms with Gasteiger partial charge in [0, 0.05) is 17.0 Å². The molecule has 36 heavy (non-hydrogen) atoms. The van der Waals surface area contributed by atoms with Crippen LogP contribution < -0.4 is 10.5 Å². The molecule has 1 atom stereocenters. The number of methoxy groups -OCH3 is 1. The third kappa shape index (κ3) is 5.45. The molecule has 4 rings (SSSR count). The van der Waals surface area contributed by atoms with E-state index in [4.69, 9.17) is 20.3 Å². The van der Waals surface area contributed by atoms with Crippen molar-refractivity contribution in [3.63, 3.8) is 0 Å². The minimum Gasteiger partial charge on any atom is -0.497 e. The van der Waals surface area contributed by atoms with Crippen LogP contribution in [0.3, 0.4) is 0 Å². The summed E-state index contributed by atoms with van der Waals surface area (Å²) in [4.78, 5) is 26.1. The number of hydrogen-bond acceptors (Lipinski definition) is 7. The smallest absolute Gasteiger partial charge is 0.474 e. The molecule has 4 aromatic rings. The average molecular weight is 519 g/mol. The first-order chi connectivity index (χ1) is 16.9. The normalized spacial score (nSPS) is 13.3. The number of aliphatic hydroxyl groups excluding tert-OH is 1. The Bertz CT molecular complexity index is 1490. The second kappa shape index (κ2) is 9.68. The molecule has 0 fully saturated rings. The molecule has 190 valence electrons. The lowest BCUT2D eigenvalue weighted by atomic mass is 9.99. The topological polar surface area (TPSA) is 148 Å². The van der Waals surface area contributed by atoms with Crippen LogP contribution in [0.5, 0.6) is 5.75 Å². The van der Waals surface area contributed by atoms with Crippen LogP contribution in [0.1, 0.15) is 28.4 Å². The fourth-order valence-corrected chi connectivity index (χ4v) is 4.45. The molecule has 0 saturated heterocycles. The predicted molar refractivity (Wildman–Crippen MR) is 130 cm³/mol. The molecule has 0 bridgehead atoms. The molecular formula is C24H24F2N3O6P. The zero-order valence-corrected chi connectivity index (χ0v) is 20.2. The van der Waals surface area contributed by atoms with E-state index in [-0.39, 0.29) is 16.9 Å². The molecule has 0 aliphatic rings. The van der Waals surface area contributed by atoms with Crippen molar-refractivity contribution >= 4 is 35.4 Å². The number of halogens is 2. The van der Waals surface area contributed by atoms with Gasteiger partial charge in [0.05, 0.1) is 12.6 Å². The summed E-state index contributed by atoms with van der Waals surface area (Å²) in [5.41, 5.74) is 9.53. The lowest BCUT2D eigenvalue weighted by Crippen LogP contribution is -2.28. The number of phosphoric acid groups is 1. The largest absolute Gasteiger partial charge is 0.497 e. The van der Waals surface area contributed by atoms with E-state index in [1.807, 2.05) is 31.2 Å². The number of pyridine rings is 2. The molecule has 0 amide bonds. The lowest BCUT2D eigenvalue weighted by molar-refractivity contribution is -0.249. The number of phosphoric ester groups is 1. The molecule has 2 aromatic carbocycles. The van der Waals surface area contributed by atoms with Gasteiger partial charge in [-0.25, -0.2) is 14.1 Å². The van der Waals surface area contributed by atoms with Crippen LogP contribution in [0.15, 0.2) is 48.7 Å². The van der Waals surface area contributed by atoms with Gasteiger partial charge in [0.2, 0.25) is 0 Å². The zero-order chi connectivity index (χ0) is 26.3. The number of alkyl halides is 2. The van der Waals surface area contributed by atoms with Gasteiger partial charge in [-0.05, 0) is 66.3 Å². The van der Waals surface area contributed by atoms with E-state index in [0.29, 0.717) is 22.7 Å². The first kappa shape index (κ1) is 25.9. The number of nitrogen functional groups attached to an aromatic ring is 1. The first-order valence-electron chi connectivity index (χ1n) is 10.8. The van der Waals surface area contributed by atoms with Gasteiger partial charge in [-0.1, -0.05) is 18.2 Å². The second-order valence-electron chi connectivity index (χ2n) is 8.35. The Hall–Kier alpha value is -3.21. The van der Waals surface area contributed by atoms with Crippen LogP contribution in [0.25, 0.3) is 21.8 Å². The second-order valence-corrected chi connectivity index (χ2v) is 9.52. The third-order valence-electron chi connectivity index (χ3n) is 5.85. The highest BCUT2D eigenvalue weighted by Crippen LogP contribution is 2.47. The lowest BCUT2D eigenvalue weighted by Gasteiger charge is -2.23. The minimum absolute atomic E-state index is 0.0694. The van der Waals surface area contributed by atoms with E-state index >= 15 is 0 Å². The van der Waals surface area contributed by atoms with Crippen molar-refractivity contribution in [2.45, 2.75) is 32.0 Å². The van der Waals surface area contributed by atoms with Gasteiger partial charge < -0.3 is 25.4 Å². The molecule has 0 aliphatic carbocycles. The molecule has 2 heterocycles. The van der Waals surface area contributed by atoms with E-state index in [1.165, 1.54) is 18.2 Å². The highest BCUT2D eigenvalue weighted by Gasteiger charge is 2.46. The van der Waals surface area contributed by atoms with Crippen LogP contribution in [0, 0.1) is 6.92 Å². The molecule has 9 nitrogen and oxygen atoms in total. The van der Waals surface area contributed by atoms with Gasteiger partial charge in [-0.3, -0.25) is 4.98 Å². The summed E-state index contributed by atoms with van der Waals surface area (Å²) in [5.74, 6) is 0.855. The Labute approximate surface area is 204 Å². The zero-order valence-electron chi connectivity index (χ0n) is 19.4. The molecule has 2 aromatic heterocycles. The van der Waals surface area contributed by atoms with Crippen LogP contribution in [0.4, 0.5) is 14.6 Å². The average Bonchev–Trinajstić information content (AvgIpc) is 2.80. The van der Waals surface area contributed by atoms with Crippen molar-refractivity contribution in [2.75, 3.05) is 12.8 Å². The maximum atomic E-state index is 14.1. The van der Waals surface area contributed by atoms with Gasteiger partial charge >= 0.3 is 13.9 Å². The first-order valence-corrected chi connectivity index (χ1v) is 12.3. The minimum atomic E-state index is -5.55. The van der Waals surface area contributed by atoms with Crippen LogP contribution in [-0.2, 0) is 21.9 Å². The number of ether oxygens (including phenoxy) is 1. The number of benzene rings is 2. The maximum absolute atomic E-state index is 14.1. The van der Waals surface area contributed by atoms with Gasteiger partial charge in [0.1, 0.15) is 11.3 Å². The number of nitrogens with two attached hydrogens (primary N) is 1. The summed E-state index contributed by atoms with van der Waals surface area (Å²) in [6.45, 7) is 2.01.